The molecule has 0 aromatic rings. The third-order valence-electron chi connectivity index (χ3n) is 3.19. The molecule has 1 aliphatic carbocycles. The van der Waals surface area contributed by atoms with Crippen molar-refractivity contribution in [1.82, 2.24) is 0 Å². The molecule has 13 heavy (non-hydrogen) atoms. The van der Waals surface area contributed by atoms with Crippen LogP contribution < -0.4 is 0 Å². The van der Waals surface area contributed by atoms with Gasteiger partial charge in [0.2, 0.25) is 0 Å². The van der Waals surface area contributed by atoms with Crippen LogP contribution in [0.2, 0.25) is 0 Å². The zero-order valence-corrected chi connectivity index (χ0v) is 8.64. The van der Waals surface area contributed by atoms with Gasteiger partial charge in [-0.05, 0) is 25.7 Å². The Morgan fingerprint density at radius 2 is 2.38 bits per heavy atom. The van der Waals surface area contributed by atoms with Gasteiger partial charge in [0, 0.05) is 11.8 Å². The summed E-state index contributed by atoms with van der Waals surface area (Å²) in [5.74, 6) is 0.487. The molecule has 0 radical (unpaired) electrons. The Bertz CT molecular complexity index is 195. The molecule has 0 spiro atoms. The van der Waals surface area contributed by atoms with Crippen LogP contribution in [0.25, 0.3) is 0 Å². The van der Waals surface area contributed by atoms with Gasteiger partial charge in [-0.3, -0.25) is 4.79 Å². The van der Waals surface area contributed by atoms with Gasteiger partial charge in [-0.15, -0.1) is 6.58 Å². The number of carbonyl (C=O) groups is 1. The maximum atomic E-state index is 11.7. The molecule has 0 aromatic carbocycles. The highest BCUT2D eigenvalue weighted by Gasteiger charge is 2.39. The van der Waals surface area contributed by atoms with Crippen molar-refractivity contribution in [1.29, 1.82) is 0 Å². The highest BCUT2D eigenvalue weighted by molar-refractivity contribution is 5.86. The second-order valence-electron chi connectivity index (χ2n) is 4.15. The molecule has 1 aliphatic rings. The summed E-state index contributed by atoms with van der Waals surface area (Å²) in [6, 6.07) is 0. The van der Waals surface area contributed by atoms with Crippen molar-refractivity contribution >= 4 is 5.78 Å². The van der Waals surface area contributed by atoms with Crippen LogP contribution >= 0.6 is 0 Å². The first-order valence-corrected chi connectivity index (χ1v) is 5.39. The minimum Gasteiger partial charge on any atom is -0.299 e. The molecular formula is C12H20O. The van der Waals surface area contributed by atoms with Gasteiger partial charge in [0.05, 0.1) is 0 Å². The smallest absolute Gasteiger partial charge is 0.139 e. The van der Waals surface area contributed by atoms with Crippen molar-refractivity contribution < 1.29 is 4.79 Å². The van der Waals surface area contributed by atoms with Gasteiger partial charge in [0.15, 0.2) is 0 Å². The Morgan fingerprint density at radius 3 is 2.85 bits per heavy atom. The number of rotatable bonds is 5. The van der Waals surface area contributed by atoms with E-state index < -0.39 is 0 Å². The Balaban J connectivity index is 2.62. The molecule has 0 amide bonds. The highest BCUT2D eigenvalue weighted by Crippen LogP contribution is 2.42. The molecule has 1 unspecified atom stereocenters. The lowest BCUT2D eigenvalue weighted by Crippen LogP contribution is -2.24. The van der Waals surface area contributed by atoms with Crippen molar-refractivity contribution in [2.75, 3.05) is 0 Å². The lowest BCUT2D eigenvalue weighted by atomic mass is 9.77. The van der Waals surface area contributed by atoms with Crippen LogP contribution in [-0.2, 0) is 4.79 Å². The molecule has 1 saturated carbocycles. The molecule has 0 aromatic heterocycles. The van der Waals surface area contributed by atoms with Crippen LogP contribution in [0.5, 0.6) is 0 Å². The van der Waals surface area contributed by atoms with E-state index in [0.717, 1.165) is 32.1 Å². The molecule has 1 rings (SSSR count). The van der Waals surface area contributed by atoms with Crippen molar-refractivity contribution in [3.05, 3.63) is 12.7 Å². The Labute approximate surface area is 81.2 Å². The van der Waals surface area contributed by atoms with Crippen molar-refractivity contribution in [2.24, 2.45) is 5.41 Å². The van der Waals surface area contributed by atoms with E-state index in [9.17, 15) is 4.79 Å². The molecule has 74 valence electrons. The molecule has 1 fully saturated rings. The second-order valence-corrected chi connectivity index (χ2v) is 4.15. The first-order chi connectivity index (χ1) is 6.25. The Hall–Kier alpha value is -0.590. The third kappa shape index (κ3) is 2.20. The third-order valence-corrected chi connectivity index (χ3v) is 3.19. The molecule has 0 saturated heterocycles. The average Bonchev–Trinajstić information content (AvgIpc) is 2.46. The van der Waals surface area contributed by atoms with Crippen molar-refractivity contribution in [2.45, 2.75) is 51.9 Å². The Kier molecular flexibility index (Phi) is 3.71. The summed E-state index contributed by atoms with van der Waals surface area (Å²) in [4.78, 5) is 11.7. The fraction of sp³-hybridized carbons (Fsp3) is 0.750. The number of unbranched alkanes of at least 4 members (excludes halogenated alkanes) is 1. The van der Waals surface area contributed by atoms with Crippen molar-refractivity contribution in [3.63, 3.8) is 0 Å². The molecule has 0 heterocycles. The number of Topliss-reactive ketones (excluding diaryl/α,β-unsaturated/α-hetero) is 1. The SMILES string of the molecule is C=CCC1(CCCC)CCCC1=O. The van der Waals surface area contributed by atoms with Gasteiger partial charge in [0.25, 0.3) is 0 Å². The zero-order valence-electron chi connectivity index (χ0n) is 8.64. The maximum Gasteiger partial charge on any atom is 0.139 e. The van der Waals surface area contributed by atoms with E-state index in [2.05, 4.69) is 13.5 Å². The molecule has 1 heteroatoms. The van der Waals surface area contributed by atoms with Gasteiger partial charge in [0.1, 0.15) is 5.78 Å². The molecule has 1 atom stereocenters. The minimum atomic E-state index is -0.00222. The van der Waals surface area contributed by atoms with E-state index in [4.69, 9.17) is 0 Å². The number of hydrogen-bond acceptors (Lipinski definition) is 1. The lowest BCUT2D eigenvalue weighted by Gasteiger charge is -2.25. The number of carbonyl (C=O) groups excluding carboxylic acids is 1. The van der Waals surface area contributed by atoms with E-state index in [0.29, 0.717) is 5.78 Å². The van der Waals surface area contributed by atoms with Gasteiger partial charge >= 0.3 is 0 Å². The summed E-state index contributed by atoms with van der Waals surface area (Å²) < 4.78 is 0. The first kappa shape index (κ1) is 10.5. The van der Waals surface area contributed by atoms with E-state index in [1.807, 2.05) is 6.08 Å². The van der Waals surface area contributed by atoms with Gasteiger partial charge < -0.3 is 0 Å². The summed E-state index contributed by atoms with van der Waals surface area (Å²) in [7, 11) is 0. The lowest BCUT2D eigenvalue weighted by molar-refractivity contribution is -0.126. The summed E-state index contributed by atoms with van der Waals surface area (Å²) in [5.41, 5.74) is -0.00222. The fourth-order valence-electron chi connectivity index (χ4n) is 2.37. The average molecular weight is 180 g/mol. The fourth-order valence-corrected chi connectivity index (χ4v) is 2.37. The van der Waals surface area contributed by atoms with Crippen LogP contribution in [0.15, 0.2) is 12.7 Å². The molecule has 0 N–H and O–H groups in total. The number of allylic oxidation sites excluding steroid dienone is 1. The van der Waals surface area contributed by atoms with E-state index in [1.54, 1.807) is 0 Å². The van der Waals surface area contributed by atoms with E-state index in [1.165, 1.54) is 12.8 Å². The van der Waals surface area contributed by atoms with E-state index in [-0.39, 0.29) is 5.41 Å². The largest absolute Gasteiger partial charge is 0.299 e. The summed E-state index contributed by atoms with van der Waals surface area (Å²) in [5, 5.41) is 0. The summed E-state index contributed by atoms with van der Waals surface area (Å²) in [6.45, 7) is 5.94. The van der Waals surface area contributed by atoms with Crippen LogP contribution in [0.3, 0.4) is 0 Å². The van der Waals surface area contributed by atoms with Gasteiger partial charge in [-0.25, -0.2) is 0 Å². The summed E-state index contributed by atoms with van der Waals surface area (Å²) >= 11 is 0. The monoisotopic (exact) mass is 180 g/mol. The minimum absolute atomic E-state index is 0.00222. The Morgan fingerprint density at radius 1 is 1.62 bits per heavy atom. The van der Waals surface area contributed by atoms with Crippen LogP contribution in [0, 0.1) is 5.41 Å². The number of ketones is 1. The van der Waals surface area contributed by atoms with Crippen LogP contribution in [-0.4, -0.2) is 5.78 Å². The van der Waals surface area contributed by atoms with E-state index >= 15 is 0 Å². The van der Waals surface area contributed by atoms with Gasteiger partial charge in [-0.1, -0.05) is 25.8 Å². The molecule has 1 nitrogen and oxygen atoms in total. The maximum absolute atomic E-state index is 11.7. The topological polar surface area (TPSA) is 17.1 Å². The second kappa shape index (κ2) is 4.59. The molecule has 0 aliphatic heterocycles. The number of hydrogen-bond donors (Lipinski definition) is 0. The quantitative estimate of drug-likeness (QED) is 0.592. The summed E-state index contributed by atoms with van der Waals surface area (Å²) in [6.07, 6.45) is 9.25. The predicted octanol–water partition coefficient (Wildman–Crippen LogP) is 3.49. The van der Waals surface area contributed by atoms with Crippen LogP contribution in [0.4, 0.5) is 0 Å². The molecule has 0 bridgehead atoms. The molecular weight excluding hydrogens is 160 g/mol. The highest BCUT2D eigenvalue weighted by atomic mass is 16.1. The van der Waals surface area contributed by atoms with Crippen LogP contribution in [0.1, 0.15) is 51.9 Å². The van der Waals surface area contributed by atoms with Crippen molar-refractivity contribution in [3.8, 4) is 0 Å². The standard InChI is InChI=1S/C12H20O/c1-3-5-9-12(8-4-2)10-6-7-11(12)13/h4H,2-3,5-10H2,1H3. The first-order valence-electron chi connectivity index (χ1n) is 5.39. The van der Waals surface area contributed by atoms with Gasteiger partial charge in [-0.2, -0.15) is 0 Å². The predicted molar refractivity (Wildman–Crippen MR) is 55.6 cm³/mol. The normalized spacial score (nSPS) is 27.9. The zero-order chi connectivity index (χ0) is 9.73.